The Kier molecular flexibility index (Phi) is 4.53. The Bertz CT molecular complexity index is 335. The number of hydrogen-bond donors (Lipinski definition) is 2. The predicted octanol–water partition coefficient (Wildman–Crippen LogP) is 1.78. The first-order chi connectivity index (χ1) is 8.25. The van der Waals surface area contributed by atoms with Crippen LogP contribution in [0.5, 0.6) is 0 Å². The molecule has 18 heavy (non-hydrogen) atoms. The predicted molar refractivity (Wildman–Crippen MR) is 73.0 cm³/mol. The minimum Gasteiger partial charge on any atom is -0.480 e. The van der Waals surface area contributed by atoms with Crippen LogP contribution in [-0.4, -0.2) is 52.1 Å². The number of urea groups is 1. The van der Waals surface area contributed by atoms with Crippen LogP contribution in [0.4, 0.5) is 4.79 Å². The van der Waals surface area contributed by atoms with Crippen LogP contribution in [0.1, 0.15) is 33.1 Å². The van der Waals surface area contributed by atoms with E-state index in [-0.39, 0.29) is 10.8 Å². The smallest absolute Gasteiger partial charge is 0.329 e. The molecule has 0 saturated heterocycles. The summed E-state index contributed by atoms with van der Waals surface area (Å²) in [6.45, 7) is 3.64. The molecule has 0 aromatic carbocycles. The Morgan fingerprint density at radius 3 is 2.33 bits per heavy atom. The topological polar surface area (TPSA) is 69.6 Å². The summed E-state index contributed by atoms with van der Waals surface area (Å²) < 4.78 is 0.157. The first-order valence-electron chi connectivity index (χ1n) is 6.05. The molecule has 2 amide bonds. The molecule has 1 fully saturated rings. The van der Waals surface area contributed by atoms with Crippen molar-refractivity contribution in [1.82, 2.24) is 10.2 Å². The number of carbonyl (C=O) groups excluding carboxylic acids is 1. The summed E-state index contributed by atoms with van der Waals surface area (Å²) in [7, 11) is 1.51. The van der Waals surface area contributed by atoms with E-state index in [1.165, 1.54) is 32.2 Å². The molecule has 0 radical (unpaired) electrons. The van der Waals surface area contributed by atoms with Crippen molar-refractivity contribution in [3.8, 4) is 0 Å². The average Bonchev–Trinajstić information content (AvgIpc) is 2.26. The second kappa shape index (κ2) is 5.38. The van der Waals surface area contributed by atoms with Gasteiger partial charge in [0.25, 0.3) is 0 Å². The van der Waals surface area contributed by atoms with Crippen molar-refractivity contribution >= 4 is 23.8 Å². The zero-order chi connectivity index (χ0) is 14.0. The number of nitrogens with one attached hydrogen (secondary N) is 1. The summed E-state index contributed by atoms with van der Waals surface area (Å²) in [4.78, 5) is 24.2. The molecule has 0 bridgehead atoms. The quantitative estimate of drug-likeness (QED) is 0.801. The molecule has 1 aliphatic rings. The average molecular weight is 274 g/mol. The van der Waals surface area contributed by atoms with Gasteiger partial charge in [-0.3, -0.25) is 0 Å². The molecule has 0 unspecified atom stereocenters. The minimum atomic E-state index is -1.20. The number of hydrogen-bond acceptors (Lipinski definition) is 3. The van der Waals surface area contributed by atoms with E-state index in [4.69, 9.17) is 5.11 Å². The fourth-order valence-electron chi connectivity index (χ4n) is 1.78. The maximum Gasteiger partial charge on any atom is 0.329 e. The van der Waals surface area contributed by atoms with Crippen molar-refractivity contribution < 1.29 is 14.7 Å². The van der Waals surface area contributed by atoms with Gasteiger partial charge in [-0.2, -0.15) is 11.8 Å². The van der Waals surface area contributed by atoms with Crippen molar-refractivity contribution in [3.05, 3.63) is 0 Å². The molecule has 104 valence electrons. The van der Waals surface area contributed by atoms with Gasteiger partial charge < -0.3 is 15.3 Å². The van der Waals surface area contributed by atoms with E-state index in [1.807, 2.05) is 0 Å². The molecule has 0 atom stereocenters. The van der Waals surface area contributed by atoms with E-state index < -0.39 is 11.5 Å². The highest BCUT2D eigenvalue weighted by molar-refractivity contribution is 8.00. The molecular weight excluding hydrogens is 252 g/mol. The number of carbonyl (C=O) groups is 2. The summed E-state index contributed by atoms with van der Waals surface area (Å²) >= 11 is 1.78. The Balaban J connectivity index is 2.53. The number of carboxylic acids is 1. The number of carboxylic acid groups (broad SMARTS) is 1. The molecule has 1 rings (SSSR count). The van der Waals surface area contributed by atoms with Crippen LogP contribution < -0.4 is 5.32 Å². The van der Waals surface area contributed by atoms with Crippen LogP contribution in [0.3, 0.4) is 0 Å². The van der Waals surface area contributed by atoms with Crippen LogP contribution in [0.2, 0.25) is 0 Å². The van der Waals surface area contributed by atoms with Crippen LogP contribution in [0.15, 0.2) is 0 Å². The molecule has 0 aromatic heterocycles. The second-order valence-corrected chi connectivity index (χ2v) is 6.60. The molecular formula is C12H22N2O3S. The molecule has 1 saturated carbocycles. The molecule has 0 aliphatic heterocycles. The second-order valence-electron chi connectivity index (χ2n) is 5.32. The van der Waals surface area contributed by atoms with E-state index in [0.717, 1.165) is 12.8 Å². The van der Waals surface area contributed by atoms with Gasteiger partial charge in [-0.25, -0.2) is 9.59 Å². The summed E-state index contributed by atoms with van der Waals surface area (Å²) in [6.07, 6.45) is 5.48. The summed E-state index contributed by atoms with van der Waals surface area (Å²) in [5.41, 5.74) is -1.20. The molecule has 0 spiro atoms. The third-order valence-electron chi connectivity index (χ3n) is 3.93. The number of amides is 2. The number of rotatable bonds is 5. The highest BCUT2D eigenvalue weighted by atomic mass is 32.2. The first kappa shape index (κ1) is 15.1. The van der Waals surface area contributed by atoms with Gasteiger partial charge >= 0.3 is 12.0 Å². The van der Waals surface area contributed by atoms with Gasteiger partial charge in [-0.1, -0.05) is 6.42 Å². The SMILES string of the molecule is CSC1(CNC(=O)N(C)C(C)(C)C(=O)O)CCC1. The lowest BCUT2D eigenvalue weighted by Gasteiger charge is -2.41. The van der Waals surface area contributed by atoms with Crippen molar-refractivity contribution in [2.75, 3.05) is 19.8 Å². The third kappa shape index (κ3) is 2.91. The highest BCUT2D eigenvalue weighted by Crippen LogP contribution is 2.42. The van der Waals surface area contributed by atoms with Crippen molar-refractivity contribution in [2.24, 2.45) is 0 Å². The highest BCUT2D eigenvalue weighted by Gasteiger charge is 2.39. The number of likely N-dealkylation sites (N-methyl/N-ethyl adjacent to an activating group) is 1. The lowest BCUT2D eigenvalue weighted by molar-refractivity contribution is -0.146. The van der Waals surface area contributed by atoms with Gasteiger partial charge in [0, 0.05) is 18.3 Å². The van der Waals surface area contributed by atoms with Gasteiger partial charge in [0.15, 0.2) is 0 Å². The van der Waals surface area contributed by atoms with Crippen LogP contribution >= 0.6 is 11.8 Å². The molecule has 6 heteroatoms. The maximum atomic E-state index is 11.9. The van der Waals surface area contributed by atoms with Crippen LogP contribution in [0, 0.1) is 0 Å². The molecule has 2 N–H and O–H groups in total. The Hall–Kier alpha value is -0.910. The first-order valence-corrected chi connectivity index (χ1v) is 7.28. The van der Waals surface area contributed by atoms with E-state index >= 15 is 0 Å². The van der Waals surface area contributed by atoms with Gasteiger partial charge in [0.1, 0.15) is 5.54 Å². The van der Waals surface area contributed by atoms with Crippen molar-refractivity contribution in [3.63, 3.8) is 0 Å². The standard InChI is InChI=1S/C12H22N2O3S/c1-11(2,9(15)16)14(3)10(17)13-8-12(18-4)6-5-7-12/h5-8H2,1-4H3,(H,13,17)(H,15,16). The van der Waals surface area contributed by atoms with Gasteiger partial charge in [-0.15, -0.1) is 0 Å². The number of nitrogens with zero attached hydrogens (tertiary/aromatic N) is 1. The van der Waals surface area contributed by atoms with E-state index in [9.17, 15) is 9.59 Å². The zero-order valence-electron chi connectivity index (χ0n) is 11.4. The molecule has 0 heterocycles. The lowest BCUT2D eigenvalue weighted by Crippen LogP contribution is -2.56. The van der Waals surface area contributed by atoms with Crippen molar-refractivity contribution in [2.45, 2.75) is 43.4 Å². The molecule has 5 nitrogen and oxygen atoms in total. The normalized spacial score (nSPS) is 17.8. The fourth-order valence-corrected chi connectivity index (χ4v) is 2.69. The maximum absolute atomic E-state index is 11.9. The monoisotopic (exact) mass is 274 g/mol. The number of aliphatic carboxylic acids is 1. The van der Waals surface area contributed by atoms with Crippen LogP contribution in [0.25, 0.3) is 0 Å². The van der Waals surface area contributed by atoms with E-state index in [1.54, 1.807) is 11.8 Å². The minimum absolute atomic E-state index is 0.157. The third-order valence-corrected chi connectivity index (χ3v) is 5.34. The fraction of sp³-hybridized carbons (Fsp3) is 0.833. The summed E-state index contributed by atoms with van der Waals surface area (Å²) in [6, 6.07) is -0.331. The van der Waals surface area contributed by atoms with Crippen molar-refractivity contribution in [1.29, 1.82) is 0 Å². The summed E-state index contributed by atoms with van der Waals surface area (Å²) in [5.74, 6) is -1.01. The van der Waals surface area contributed by atoms with Crippen LogP contribution in [-0.2, 0) is 4.79 Å². The molecule has 1 aliphatic carbocycles. The largest absolute Gasteiger partial charge is 0.480 e. The zero-order valence-corrected chi connectivity index (χ0v) is 12.3. The lowest BCUT2D eigenvalue weighted by atomic mass is 9.84. The van der Waals surface area contributed by atoms with E-state index in [0.29, 0.717) is 6.54 Å². The Morgan fingerprint density at radius 2 is 2.00 bits per heavy atom. The van der Waals surface area contributed by atoms with Gasteiger partial charge in [-0.05, 0) is 32.9 Å². The summed E-state index contributed by atoms with van der Waals surface area (Å²) in [5, 5.41) is 11.9. The Labute approximate surface area is 112 Å². The number of thioether (sulfide) groups is 1. The van der Waals surface area contributed by atoms with Gasteiger partial charge in [0.2, 0.25) is 0 Å². The Morgan fingerprint density at radius 1 is 1.44 bits per heavy atom. The van der Waals surface area contributed by atoms with Gasteiger partial charge in [0.05, 0.1) is 0 Å². The molecule has 0 aromatic rings. The van der Waals surface area contributed by atoms with E-state index in [2.05, 4.69) is 11.6 Å².